The van der Waals surface area contributed by atoms with Gasteiger partial charge in [-0.05, 0) is 19.1 Å². The van der Waals surface area contributed by atoms with Crippen molar-refractivity contribution >= 4 is 5.97 Å². The number of rotatable bonds is 2. The van der Waals surface area contributed by atoms with Crippen LogP contribution in [0.2, 0.25) is 0 Å². The van der Waals surface area contributed by atoms with E-state index in [0.717, 1.165) is 0 Å². The van der Waals surface area contributed by atoms with Crippen molar-refractivity contribution in [3.05, 3.63) is 30.1 Å². The van der Waals surface area contributed by atoms with Crippen molar-refractivity contribution in [1.82, 2.24) is 4.98 Å². The smallest absolute Gasteiger partial charge is 0.341 e. The molecule has 0 saturated carbocycles. The van der Waals surface area contributed by atoms with E-state index in [-0.39, 0.29) is 0 Å². The van der Waals surface area contributed by atoms with Crippen molar-refractivity contribution in [3.8, 4) is 0 Å². The van der Waals surface area contributed by atoms with Crippen LogP contribution < -0.4 is 5.73 Å². The normalized spacial score (nSPS) is 12.2. The van der Waals surface area contributed by atoms with E-state index in [2.05, 4.69) is 4.98 Å². The Labute approximate surface area is 70.4 Å². The molecule has 4 heteroatoms. The lowest BCUT2D eigenvalue weighted by Crippen LogP contribution is -2.23. The Bertz CT molecular complexity index is 259. The molecule has 0 saturated heterocycles. The van der Waals surface area contributed by atoms with Crippen LogP contribution in [0.1, 0.15) is 17.3 Å². The van der Waals surface area contributed by atoms with Crippen molar-refractivity contribution in [2.24, 2.45) is 5.73 Å². The molecule has 0 amide bonds. The number of hydrogen-bond acceptors (Lipinski definition) is 4. The van der Waals surface area contributed by atoms with Gasteiger partial charge in [0.2, 0.25) is 0 Å². The van der Waals surface area contributed by atoms with Crippen LogP contribution in [0.5, 0.6) is 0 Å². The summed E-state index contributed by atoms with van der Waals surface area (Å²) in [4.78, 5) is 14.9. The highest BCUT2D eigenvalue weighted by atomic mass is 16.6. The van der Waals surface area contributed by atoms with Gasteiger partial charge in [-0.3, -0.25) is 10.7 Å². The Hall–Kier alpha value is -1.42. The molecule has 4 nitrogen and oxygen atoms in total. The third-order valence-corrected chi connectivity index (χ3v) is 1.19. The van der Waals surface area contributed by atoms with Gasteiger partial charge in [-0.1, -0.05) is 0 Å². The van der Waals surface area contributed by atoms with Gasteiger partial charge in [-0.25, -0.2) is 4.79 Å². The lowest BCUT2D eigenvalue weighted by Gasteiger charge is -2.06. The van der Waals surface area contributed by atoms with E-state index in [0.29, 0.717) is 5.56 Å². The second kappa shape index (κ2) is 3.82. The Morgan fingerprint density at radius 2 is 2.50 bits per heavy atom. The Morgan fingerprint density at radius 1 is 1.75 bits per heavy atom. The fraction of sp³-hybridized carbons (Fsp3) is 0.250. The van der Waals surface area contributed by atoms with E-state index >= 15 is 0 Å². The first-order chi connectivity index (χ1) is 5.70. The number of esters is 1. The molecule has 64 valence electrons. The topological polar surface area (TPSA) is 65.2 Å². The fourth-order valence-electron chi connectivity index (χ4n) is 0.720. The van der Waals surface area contributed by atoms with Gasteiger partial charge in [0.05, 0.1) is 5.56 Å². The maximum Gasteiger partial charge on any atom is 0.341 e. The van der Waals surface area contributed by atoms with Crippen LogP contribution >= 0.6 is 0 Å². The molecule has 0 bridgehead atoms. The Kier molecular flexibility index (Phi) is 2.76. The second-order valence-electron chi connectivity index (χ2n) is 2.35. The summed E-state index contributed by atoms with van der Waals surface area (Å²) in [6.45, 7) is 1.59. The molecule has 0 aliphatic rings. The minimum Gasteiger partial charge on any atom is -0.443 e. The highest BCUT2D eigenvalue weighted by Crippen LogP contribution is 1.99. The van der Waals surface area contributed by atoms with Crippen LogP contribution in [0.4, 0.5) is 0 Å². The van der Waals surface area contributed by atoms with Crippen LogP contribution in [-0.4, -0.2) is 17.2 Å². The molecule has 0 fully saturated rings. The van der Waals surface area contributed by atoms with Crippen LogP contribution in [-0.2, 0) is 4.74 Å². The molecular weight excluding hydrogens is 156 g/mol. The van der Waals surface area contributed by atoms with Gasteiger partial charge in [-0.2, -0.15) is 0 Å². The van der Waals surface area contributed by atoms with Crippen LogP contribution in [0.15, 0.2) is 24.5 Å². The highest BCUT2D eigenvalue weighted by Gasteiger charge is 2.07. The molecule has 12 heavy (non-hydrogen) atoms. The first-order valence-corrected chi connectivity index (χ1v) is 3.57. The van der Waals surface area contributed by atoms with Crippen molar-refractivity contribution < 1.29 is 9.53 Å². The molecule has 1 unspecified atom stereocenters. The van der Waals surface area contributed by atoms with Crippen molar-refractivity contribution in [3.63, 3.8) is 0 Å². The molecule has 0 spiro atoms. The fourth-order valence-corrected chi connectivity index (χ4v) is 0.720. The third-order valence-electron chi connectivity index (χ3n) is 1.19. The molecule has 1 aromatic rings. The summed E-state index contributed by atoms with van der Waals surface area (Å²) >= 11 is 0. The van der Waals surface area contributed by atoms with Gasteiger partial charge in [0, 0.05) is 12.4 Å². The van der Waals surface area contributed by atoms with Crippen LogP contribution in [0, 0.1) is 0 Å². The van der Waals surface area contributed by atoms with Gasteiger partial charge in [0.15, 0.2) is 0 Å². The van der Waals surface area contributed by atoms with Crippen LogP contribution in [0.25, 0.3) is 0 Å². The SMILES string of the molecule is CC(N)OC(=O)c1cccnc1. The van der Waals surface area contributed by atoms with E-state index in [1.165, 1.54) is 6.20 Å². The van der Waals surface area contributed by atoms with Gasteiger partial charge in [0.25, 0.3) is 0 Å². The number of nitrogens with two attached hydrogens (primary N) is 1. The van der Waals surface area contributed by atoms with Gasteiger partial charge in [-0.15, -0.1) is 0 Å². The van der Waals surface area contributed by atoms with E-state index in [4.69, 9.17) is 10.5 Å². The summed E-state index contributed by atoms with van der Waals surface area (Å²) in [6, 6.07) is 3.29. The lowest BCUT2D eigenvalue weighted by atomic mass is 10.3. The number of ether oxygens (including phenoxy) is 1. The second-order valence-corrected chi connectivity index (χ2v) is 2.35. The molecular formula is C8H10N2O2. The first kappa shape index (κ1) is 8.67. The molecule has 2 N–H and O–H groups in total. The molecule has 1 rings (SSSR count). The standard InChI is InChI=1S/C8H10N2O2/c1-6(9)12-8(11)7-3-2-4-10-5-7/h2-6H,9H2,1H3. The predicted molar refractivity (Wildman–Crippen MR) is 43.3 cm³/mol. The van der Waals surface area contributed by atoms with Crippen LogP contribution in [0.3, 0.4) is 0 Å². The summed E-state index contributed by atoms with van der Waals surface area (Å²) in [5.41, 5.74) is 5.68. The highest BCUT2D eigenvalue weighted by molar-refractivity contribution is 5.88. The average Bonchev–Trinajstić information content (AvgIpc) is 2.05. The average molecular weight is 166 g/mol. The molecule has 1 heterocycles. The number of pyridine rings is 1. The van der Waals surface area contributed by atoms with E-state index in [1.54, 1.807) is 25.3 Å². The monoisotopic (exact) mass is 166 g/mol. The zero-order valence-electron chi connectivity index (χ0n) is 6.73. The van der Waals surface area contributed by atoms with Crippen molar-refractivity contribution in [2.75, 3.05) is 0 Å². The largest absolute Gasteiger partial charge is 0.443 e. The molecule has 0 aliphatic carbocycles. The maximum absolute atomic E-state index is 11.1. The number of hydrogen-bond donors (Lipinski definition) is 1. The summed E-state index contributed by atoms with van der Waals surface area (Å²) in [6.07, 6.45) is 2.44. The van der Waals surface area contributed by atoms with Gasteiger partial charge >= 0.3 is 5.97 Å². The molecule has 0 aliphatic heterocycles. The molecule has 0 aromatic carbocycles. The minimum absolute atomic E-state index is 0.412. The Balaban J connectivity index is 2.66. The summed E-state index contributed by atoms with van der Waals surface area (Å²) in [5, 5.41) is 0. The van der Waals surface area contributed by atoms with E-state index in [9.17, 15) is 4.79 Å². The van der Waals surface area contributed by atoms with Crippen molar-refractivity contribution in [2.45, 2.75) is 13.2 Å². The number of carbonyl (C=O) groups is 1. The minimum atomic E-state index is -0.585. The van der Waals surface area contributed by atoms with Gasteiger partial charge < -0.3 is 4.74 Å². The molecule has 1 aromatic heterocycles. The zero-order valence-corrected chi connectivity index (χ0v) is 6.73. The predicted octanol–water partition coefficient (Wildman–Crippen LogP) is 0.543. The zero-order chi connectivity index (χ0) is 8.97. The molecule has 1 atom stereocenters. The number of carbonyl (C=O) groups excluding carboxylic acids is 1. The summed E-state index contributed by atoms with van der Waals surface area (Å²) in [5.74, 6) is -0.446. The number of aromatic nitrogens is 1. The molecule has 0 radical (unpaired) electrons. The van der Waals surface area contributed by atoms with Crippen molar-refractivity contribution in [1.29, 1.82) is 0 Å². The summed E-state index contributed by atoms with van der Waals surface area (Å²) < 4.78 is 4.74. The Morgan fingerprint density at radius 3 is 3.00 bits per heavy atom. The lowest BCUT2D eigenvalue weighted by molar-refractivity contribution is 0.0355. The quantitative estimate of drug-likeness (QED) is 0.514. The maximum atomic E-state index is 11.1. The van der Waals surface area contributed by atoms with E-state index < -0.39 is 12.2 Å². The number of nitrogens with zero attached hydrogens (tertiary/aromatic N) is 1. The van der Waals surface area contributed by atoms with Gasteiger partial charge in [0.1, 0.15) is 6.23 Å². The first-order valence-electron chi connectivity index (χ1n) is 3.57. The van der Waals surface area contributed by atoms with E-state index in [1.807, 2.05) is 0 Å². The third kappa shape index (κ3) is 2.32. The summed E-state index contributed by atoms with van der Waals surface area (Å²) in [7, 11) is 0.